The van der Waals surface area contributed by atoms with Crippen molar-refractivity contribution in [3.63, 3.8) is 0 Å². The van der Waals surface area contributed by atoms with Crippen LogP contribution in [-0.4, -0.2) is 16.6 Å². The number of thiophene rings is 1. The number of aliphatic hydroxyl groups is 1. The molecule has 0 aliphatic carbocycles. The van der Waals surface area contributed by atoms with Gasteiger partial charge in [0.25, 0.3) is 0 Å². The molecule has 3 rings (SSSR count). The van der Waals surface area contributed by atoms with Gasteiger partial charge in [-0.15, -0.1) is 0 Å². The van der Waals surface area contributed by atoms with Crippen molar-refractivity contribution in [1.82, 2.24) is 10.3 Å². The minimum atomic E-state index is -0.489. The summed E-state index contributed by atoms with van der Waals surface area (Å²) >= 11 is 1.58. The Hall–Kier alpha value is -1.95. The van der Waals surface area contributed by atoms with Crippen LogP contribution in [0.5, 0.6) is 0 Å². The van der Waals surface area contributed by atoms with Crippen LogP contribution in [0.1, 0.15) is 17.4 Å². The number of hydrogen-bond donors (Lipinski definition) is 2. The Balaban J connectivity index is 1.54. The van der Waals surface area contributed by atoms with Gasteiger partial charge in [-0.3, -0.25) is 0 Å². The van der Waals surface area contributed by atoms with Crippen molar-refractivity contribution < 1.29 is 9.52 Å². The third kappa shape index (κ3) is 3.58. The fraction of sp³-hybridized carbons (Fsp3) is 0.188. The van der Waals surface area contributed by atoms with Crippen LogP contribution in [0.15, 0.2) is 57.8 Å². The highest BCUT2D eigenvalue weighted by atomic mass is 32.1. The van der Waals surface area contributed by atoms with Gasteiger partial charge in [0.05, 0.1) is 11.8 Å². The molecule has 21 heavy (non-hydrogen) atoms. The zero-order valence-electron chi connectivity index (χ0n) is 11.4. The van der Waals surface area contributed by atoms with E-state index in [4.69, 9.17) is 4.42 Å². The fourth-order valence-electron chi connectivity index (χ4n) is 2.02. The monoisotopic (exact) mass is 300 g/mol. The second-order valence-electron chi connectivity index (χ2n) is 4.71. The smallest absolute Gasteiger partial charge is 0.226 e. The molecule has 0 fully saturated rings. The van der Waals surface area contributed by atoms with Gasteiger partial charge in [0.1, 0.15) is 6.26 Å². The molecule has 0 aliphatic heterocycles. The Bertz CT molecular complexity index is 665. The second-order valence-corrected chi connectivity index (χ2v) is 5.49. The van der Waals surface area contributed by atoms with Gasteiger partial charge in [0, 0.05) is 18.7 Å². The summed E-state index contributed by atoms with van der Waals surface area (Å²) in [4.78, 5) is 4.43. The first-order valence-electron chi connectivity index (χ1n) is 6.73. The van der Waals surface area contributed by atoms with Crippen molar-refractivity contribution in [1.29, 1.82) is 0 Å². The zero-order chi connectivity index (χ0) is 14.5. The first-order chi connectivity index (χ1) is 10.3. The molecule has 0 aliphatic rings. The zero-order valence-corrected chi connectivity index (χ0v) is 12.2. The molecule has 2 heterocycles. The number of aliphatic hydroxyl groups excluding tert-OH is 1. The first kappa shape index (κ1) is 14.0. The average molecular weight is 300 g/mol. The molecule has 0 bridgehead atoms. The Kier molecular flexibility index (Phi) is 4.45. The maximum absolute atomic E-state index is 9.97. The number of nitrogens with one attached hydrogen (secondary N) is 1. The Morgan fingerprint density at radius 3 is 2.86 bits per heavy atom. The van der Waals surface area contributed by atoms with Crippen molar-refractivity contribution >= 4 is 11.3 Å². The van der Waals surface area contributed by atoms with Crippen LogP contribution in [0.4, 0.5) is 0 Å². The molecule has 1 unspecified atom stereocenters. The number of oxazole rings is 1. The highest BCUT2D eigenvalue weighted by Gasteiger charge is 2.09. The molecule has 2 N–H and O–H groups in total. The molecular formula is C16H16N2O2S. The summed E-state index contributed by atoms with van der Waals surface area (Å²) in [7, 11) is 0. The lowest BCUT2D eigenvalue weighted by Crippen LogP contribution is -2.20. The number of hydrogen-bond acceptors (Lipinski definition) is 5. The van der Waals surface area contributed by atoms with Crippen molar-refractivity contribution in [3.05, 3.63) is 64.7 Å². The topological polar surface area (TPSA) is 58.3 Å². The normalized spacial score (nSPS) is 12.4. The van der Waals surface area contributed by atoms with E-state index in [1.54, 1.807) is 17.6 Å². The highest BCUT2D eigenvalue weighted by Crippen LogP contribution is 2.18. The molecule has 0 spiro atoms. The summed E-state index contributed by atoms with van der Waals surface area (Å²) in [5, 5.41) is 17.1. The quantitative estimate of drug-likeness (QED) is 0.734. The summed E-state index contributed by atoms with van der Waals surface area (Å²) in [6, 6.07) is 11.7. The van der Waals surface area contributed by atoms with E-state index >= 15 is 0 Å². The molecule has 0 saturated heterocycles. The first-order valence-corrected chi connectivity index (χ1v) is 7.68. The Morgan fingerprint density at radius 1 is 1.24 bits per heavy atom. The van der Waals surface area contributed by atoms with E-state index in [-0.39, 0.29) is 0 Å². The van der Waals surface area contributed by atoms with Gasteiger partial charge >= 0.3 is 0 Å². The van der Waals surface area contributed by atoms with Crippen molar-refractivity contribution in [2.75, 3.05) is 6.54 Å². The van der Waals surface area contributed by atoms with Gasteiger partial charge in [0.15, 0.2) is 0 Å². The molecule has 3 aromatic rings. The summed E-state index contributed by atoms with van der Waals surface area (Å²) in [6.45, 7) is 1.06. The summed E-state index contributed by atoms with van der Waals surface area (Å²) < 4.78 is 5.47. The molecule has 2 aromatic heterocycles. The predicted molar refractivity (Wildman–Crippen MR) is 82.9 cm³/mol. The van der Waals surface area contributed by atoms with Crippen LogP contribution in [0.3, 0.4) is 0 Å². The lowest BCUT2D eigenvalue weighted by Gasteiger charge is -2.08. The van der Waals surface area contributed by atoms with Crippen LogP contribution in [0.25, 0.3) is 11.5 Å². The molecule has 1 atom stereocenters. The van der Waals surface area contributed by atoms with Gasteiger partial charge < -0.3 is 14.8 Å². The second kappa shape index (κ2) is 6.67. The SMILES string of the molecule is OC(CNCc1coc(-c2ccccc2)n1)c1ccsc1. The van der Waals surface area contributed by atoms with Gasteiger partial charge in [-0.2, -0.15) is 11.3 Å². The van der Waals surface area contributed by atoms with Crippen LogP contribution in [0.2, 0.25) is 0 Å². The molecule has 0 amide bonds. The fourth-order valence-corrected chi connectivity index (χ4v) is 2.73. The van der Waals surface area contributed by atoms with Crippen molar-refractivity contribution in [3.8, 4) is 11.5 Å². The minimum absolute atomic E-state index is 0.489. The van der Waals surface area contributed by atoms with E-state index in [1.807, 2.05) is 47.2 Å². The van der Waals surface area contributed by atoms with Crippen molar-refractivity contribution in [2.24, 2.45) is 0 Å². The third-order valence-corrected chi connectivity index (χ3v) is 3.85. The molecule has 0 saturated carbocycles. The summed E-state index contributed by atoms with van der Waals surface area (Å²) in [5.41, 5.74) is 2.73. The number of nitrogens with zero attached hydrogens (tertiary/aromatic N) is 1. The lowest BCUT2D eigenvalue weighted by atomic mass is 10.2. The number of benzene rings is 1. The Morgan fingerprint density at radius 2 is 2.10 bits per heavy atom. The number of aromatic nitrogens is 1. The maximum atomic E-state index is 9.97. The van der Waals surface area contributed by atoms with E-state index in [0.717, 1.165) is 16.8 Å². The molecule has 4 nitrogen and oxygen atoms in total. The molecule has 0 radical (unpaired) electrons. The van der Waals surface area contributed by atoms with Crippen LogP contribution in [0, 0.1) is 0 Å². The molecule has 108 valence electrons. The van der Waals surface area contributed by atoms with E-state index in [0.29, 0.717) is 19.0 Å². The van der Waals surface area contributed by atoms with E-state index in [1.165, 1.54) is 0 Å². The largest absolute Gasteiger partial charge is 0.444 e. The van der Waals surface area contributed by atoms with Crippen LogP contribution in [-0.2, 0) is 6.54 Å². The number of rotatable bonds is 6. The van der Waals surface area contributed by atoms with E-state index in [2.05, 4.69) is 10.3 Å². The van der Waals surface area contributed by atoms with Gasteiger partial charge in [-0.05, 0) is 34.5 Å². The van der Waals surface area contributed by atoms with Gasteiger partial charge in [-0.25, -0.2) is 4.98 Å². The third-order valence-electron chi connectivity index (χ3n) is 3.14. The molecule has 1 aromatic carbocycles. The van der Waals surface area contributed by atoms with Gasteiger partial charge in [-0.1, -0.05) is 18.2 Å². The molecule has 5 heteroatoms. The summed E-state index contributed by atoms with van der Waals surface area (Å²) in [5.74, 6) is 0.616. The van der Waals surface area contributed by atoms with Crippen LogP contribution < -0.4 is 5.32 Å². The lowest BCUT2D eigenvalue weighted by molar-refractivity contribution is 0.174. The van der Waals surface area contributed by atoms with Crippen LogP contribution >= 0.6 is 11.3 Å². The van der Waals surface area contributed by atoms with Gasteiger partial charge in [0.2, 0.25) is 5.89 Å². The highest BCUT2D eigenvalue weighted by molar-refractivity contribution is 7.07. The van der Waals surface area contributed by atoms with Crippen molar-refractivity contribution in [2.45, 2.75) is 12.6 Å². The Labute approximate surface area is 127 Å². The summed E-state index contributed by atoms with van der Waals surface area (Å²) in [6.07, 6.45) is 1.16. The maximum Gasteiger partial charge on any atom is 0.226 e. The van der Waals surface area contributed by atoms with E-state index in [9.17, 15) is 5.11 Å². The minimum Gasteiger partial charge on any atom is -0.444 e. The molecular weight excluding hydrogens is 284 g/mol. The standard InChI is InChI=1S/C16H16N2O2S/c19-15(13-6-7-21-11-13)9-17-8-14-10-20-16(18-14)12-4-2-1-3-5-12/h1-7,10-11,15,17,19H,8-9H2. The predicted octanol–water partition coefficient (Wildman–Crippen LogP) is 3.23. The average Bonchev–Trinajstić information content (AvgIpc) is 3.20. The van der Waals surface area contributed by atoms with E-state index < -0.39 is 6.10 Å².